The van der Waals surface area contributed by atoms with Crippen LogP contribution in [0, 0.1) is 0 Å². The molecule has 0 aromatic heterocycles. The maximum absolute atomic E-state index is 5.55. The van der Waals surface area contributed by atoms with Gasteiger partial charge in [0, 0.05) is 41.6 Å². The van der Waals surface area contributed by atoms with E-state index >= 15 is 0 Å². The summed E-state index contributed by atoms with van der Waals surface area (Å²) in [4.78, 5) is 0. The molecule has 113 valence electrons. The summed E-state index contributed by atoms with van der Waals surface area (Å²) in [7, 11) is 5.16. The van der Waals surface area contributed by atoms with Crippen LogP contribution in [-0.2, 0) is 22.8 Å². The minimum atomic E-state index is -2.44. The van der Waals surface area contributed by atoms with E-state index in [1.165, 1.54) is 0 Å². The van der Waals surface area contributed by atoms with Gasteiger partial charge in [0.2, 0.25) is 5.53 Å². The highest BCUT2D eigenvalue weighted by atomic mass is 28.4. The Labute approximate surface area is 118 Å². The average molecular weight is 309 g/mol. The Morgan fingerprint density at radius 3 is 2.11 bits per heavy atom. The summed E-state index contributed by atoms with van der Waals surface area (Å²) < 4.78 is 27.4. The summed E-state index contributed by atoms with van der Waals surface area (Å²) in [6.45, 7) is 0.956. The lowest BCUT2D eigenvalue weighted by atomic mass is 10.6. The van der Waals surface area contributed by atoms with E-state index < -0.39 is 23.1 Å². The van der Waals surface area contributed by atoms with Crippen LogP contribution in [0.5, 0.6) is 0 Å². The van der Waals surface area contributed by atoms with Crippen molar-refractivity contribution in [2.45, 2.75) is 30.1 Å². The molecule has 1 fully saturated rings. The first-order valence-corrected chi connectivity index (χ1v) is 10.3. The van der Waals surface area contributed by atoms with Gasteiger partial charge in [-0.1, -0.05) is 12.5 Å². The Hall–Kier alpha value is 0.194. The summed E-state index contributed by atoms with van der Waals surface area (Å²) in [5.41, 5.74) is -0.540. The second kappa shape index (κ2) is 7.84. The predicted octanol–water partition coefficient (Wildman–Crippen LogP) is 0.838. The molecule has 6 nitrogen and oxygen atoms in total. The van der Waals surface area contributed by atoms with E-state index in [-0.39, 0.29) is 0 Å². The third-order valence-corrected chi connectivity index (χ3v) is 9.88. The molecule has 1 aliphatic heterocycles. The lowest BCUT2D eigenvalue weighted by Crippen LogP contribution is -2.53. The van der Waals surface area contributed by atoms with Crippen molar-refractivity contribution in [1.82, 2.24) is 5.32 Å². The van der Waals surface area contributed by atoms with Gasteiger partial charge in [-0.3, -0.25) is 5.32 Å². The van der Waals surface area contributed by atoms with Crippen molar-refractivity contribution in [1.29, 1.82) is 0 Å². The first kappa shape index (κ1) is 17.2. The Balaban J connectivity index is 2.48. The van der Waals surface area contributed by atoms with Gasteiger partial charge in [0.15, 0.2) is 0 Å². The van der Waals surface area contributed by atoms with Crippen molar-refractivity contribution in [3.05, 3.63) is 0 Å². The molecule has 1 heterocycles. The largest absolute Gasteiger partial charge is 0.500 e. The van der Waals surface area contributed by atoms with E-state index in [0.29, 0.717) is 0 Å². The second-order valence-corrected chi connectivity index (χ2v) is 10.4. The Kier molecular flexibility index (Phi) is 7.12. The zero-order chi connectivity index (χ0) is 14.4. The molecule has 0 saturated carbocycles. The number of ether oxygens (including phenoxy) is 2. The van der Waals surface area contributed by atoms with E-state index in [0.717, 1.165) is 31.1 Å². The zero-order valence-corrected chi connectivity index (χ0v) is 14.6. The van der Waals surface area contributed by atoms with Crippen molar-refractivity contribution in [3.63, 3.8) is 0 Å². The highest BCUT2D eigenvalue weighted by Gasteiger charge is 2.45. The van der Waals surface area contributed by atoms with Crippen LogP contribution in [0.1, 0.15) is 6.42 Å². The van der Waals surface area contributed by atoms with Crippen molar-refractivity contribution >= 4 is 17.6 Å². The third kappa shape index (κ3) is 3.85. The van der Waals surface area contributed by atoms with Crippen LogP contribution in [0.2, 0.25) is 18.1 Å². The van der Waals surface area contributed by atoms with Crippen molar-refractivity contribution in [2.75, 3.05) is 42.1 Å². The molecule has 0 aliphatic carbocycles. The average Bonchev–Trinajstić information content (AvgIpc) is 2.87. The second-order valence-electron chi connectivity index (χ2n) is 4.45. The van der Waals surface area contributed by atoms with Gasteiger partial charge in [-0.15, -0.1) is 0 Å². The van der Waals surface area contributed by atoms with Crippen LogP contribution in [0.25, 0.3) is 0 Å². The summed E-state index contributed by atoms with van der Waals surface area (Å²) in [6, 6.07) is 3.06. The Morgan fingerprint density at radius 2 is 1.63 bits per heavy atom. The molecule has 1 aliphatic rings. The van der Waals surface area contributed by atoms with Gasteiger partial charge < -0.3 is 22.8 Å². The first-order valence-electron chi connectivity index (χ1n) is 6.48. The van der Waals surface area contributed by atoms with Crippen molar-refractivity contribution in [2.24, 2.45) is 0 Å². The molecule has 0 unspecified atom stereocenters. The Bertz CT molecular complexity index is 253. The number of methoxy groups -OCH3 is 2. The fourth-order valence-corrected chi connectivity index (χ4v) is 7.51. The SMILES string of the molecule is COC1(OC)NCC[Si]1CCC[Si](OC)(OC)OC. The standard InChI is InChI=1S/C11H26NO5Si2/c1-13-11(14-2)12-7-9-18(11)8-6-10-19(15-3,16-4)17-5/h12H,6-10H2,1-5H3. The van der Waals surface area contributed by atoms with Gasteiger partial charge >= 0.3 is 8.80 Å². The van der Waals surface area contributed by atoms with Gasteiger partial charge in [0.05, 0.1) is 0 Å². The molecule has 0 atom stereocenters. The number of hydrogen-bond acceptors (Lipinski definition) is 6. The number of nitrogens with one attached hydrogen (secondary N) is 1. The molecule has 0 aromatic carbocycles. The normalized spacial score (nSPS) is 20.1. The topological polar surface area (TPSA) is 58.2 Å². The van der Waals surface area contributed by atoms with Crippen LogP contribution in [0.15, 0.2) is 0 Å². The highest BCUT2D eigenvalue weighted by molar-refractivity contribution is 6.63. The van der Waals surface area contributed by atoms with Crippen LogP contribution in [-0.4, -0.2) is 65.2 Å². The molecule has 0 amide bonds. The molecule has 19 heavy (non-hydrogen) atoms. The summed E-state index contributed by atoms with van der Waals surface area (Å²) in [5, 5.41) is 3.33. The summed E-state index contributed by atoms with van der Waals surface area (Å²) >= 11 is 0. The minimum absolute atomic E-state index is 0.540. The van der Waals surface area contributed by atoms with E-state index in [2.05, 4.69) is 5.32 Å². The molecule has 1 radical (unpaired) electrons. The molecule has 1 N–H and O–H groups in total. The van der Waals surface area contributed by atoms with Gasteiger partial charge in [0.1, 0.15) is 8.80 Å². The van der Waals surface area contributed by atoms with E-state index in [1.807, 2.05) is 0 Å². The summed E-state index contributed by atoms with van der Waals surface area (Å²) in [6.07, 6.45) is 1.01. The molecular formula is C11H26NO5Si2. The predicted molar refractivity (Wildman–Crippen MR) is 76.3 cm³/mol. The molecule has 0 spiro atoms. The molecule has 0 bridgehead atoms. The van der Waals surface area contributed by atoms with Crippen LogP contribution in [0.4, 0.5) is 0 Å². The Morgan fingerprint density at radius 1 is 1.05 bits per heavy atom. The maximum atomic E-state index is 5.55. The third-order valence-electron chi connectivity index (χ3n) is 3.72. The molecule has 8 heteroatoms. The van der Waals surface area contributed by atoms with Gasteiger partial charge in [-0.05, 0) is 12.6 Å². The maximum Gasteiger partial charge on any atom is 0.500 e. The van der Waals surface area contributed by atoms with Crippen molar-refractivity contribution < 1.29 is 22.8 Å². The summed E-state index contributed by atoms with van der Waals surface area (Å²) in [5.74, 6) is 0. The minimum Gasteiger partial charge on any atom is -0.377 e. The van der Waals surface area contributed by atoms with Gasteiger partial charge in [0.25, 0.3) is 0 Å². The van der Waals surface area contributed by atoms with E-state index in [4.69, 9.17) is 22.8 Å². The van der Waals surface area contributed by atoms with E-state index in [9.17, 15) is 0 Å². The fourth-order valence-electron chi connectivity index (χ4n) is 2.55. The molecule has 0 aromatic rings. The monoisotopic (exact) mass is 308 g/mol. The first-order chi connectivity index (χ1) is 9.12. The molecular weight excluding hydrogens is 282 g/mol. The van der Waals surface area contributed by atoms with Gasteiger partial charge in [-0.2, -0.15) is 0 Å². The van der Waals surface area contributed by atoms with Crippen LogP contribution >= 0.6 is 0 Å². The van der Waals surface area contributed by atoms with Crippen LogP contribution in [0.3, 0.4) is 0 Å². The molecule has 1 rings (SSSR count). The lowest BCUT2D eigenvalue weighted by molar-refractivity contribution is -0.162. The smallest absolute Gasteiger partial charge is 0.377 e. The highest BCUT2D eigenvalue weighted by Crippen LogP contribution is 2.27. The van der Waals surface area contributed by atoms with E-state index in [1.54, 1.807) is 35.5 Å². The fraction of sp³-hybridized carbons (Fsp3) is 1.00. The van der Waals surface area contributed by atoms with Gasteiger partial charge in [-0.25, -0.2) is 0 Å². The number of rotatable bonds is 9. The zero-order valence-electron chi connectivity index (χ0n) is 12.6. The quantitative estimate of drug-likeness (QED) is 0.503. The molecule has 1 saturated heterocycles. The van der Waals surface area contributed by atoms with Crippen LogP contribution < -0.4 is 5.32 Å². The van der Waals surface area contributed by atoms with Crippen molar-refractivity contribution in [3.8, 4) is 0 Å². The number of hydrogen-bond donors (Lipinski definition) is 1. The lowest BCUT2D eigenvalue weighted by Gasteiger charge is -2.32.